The highest BCUT2D eigenvalue weighted by Crippen LogP contribution is 2.60. The smallest absolute Gasteiger partial charge is 0.192 e. The van der Waals surface area contributed by atoms with Crippen LogP contribution in [0.25, 0.3) is 5.57 Å². The fourth-order valence-corrected chi connectivity index (χ4v) is 10.4. The minimum Gasteiger partial charge on any atom is -0.413 e. The minimum atomic E-state index is -1.92. The molecule has 1 saturated carbocycles. The lowest BCUT2D eigenvalue weighted by Crippen LogP contribution is -2.41. The predicted molar refractivity (Wildman–Crippen MR) is 214 cm³/mol. The van der Waals surface area contributed by atoms with Gasteiger partial charge in [-0.15, -0.1) is 11.8 Å². The summed E-state index contributed by atoms with van der Waals surface area (Å²) in [5.41, 5.74) is 6.02. The van der Waals surface area contributed by atoms with Crippen LogP contribution < -0.4 is 0 Å². The Labute approximate surface area is 301 Å². The molecule has 0 amide bonds. The number of rotatable bonds is 12. The molecule has 0 saturated heterocycles. The van der Waals surface area contributed by atoms with Crippen LogP contribution in [0, 0.1) is 23.2 Å². The number of aliphatic hydroxyl groups is 1. The van der Waals surface area contributed by atoms with Gasteiger partial charge >= 0.3 is 0 Å². The number of allylic oxidation sites excluding steroid dienone is 2. The maximum atomic E-state index is 10.5. The second-order valence-corrected chi connectivity index (χ2v) is 29.6. The Hall–Kier alpha value is -1.16. The van der Waals surface area contributed by atoms with Gasteiger partial charge in [0.2, 0.25) is 0 Å². The molecular formula is C42H68O3SSi2. The van der Waals surface area contributed by atoms with Crippen LogP contribution in [0.5, 0.6) is 0 Å². The highest BCUT2D eigenvalue weighted by Gasteiger charge is 2.50. The summed E-state index contributed by atoms with van der Waals surface area (Å²) in [4.78, 5) is 1.26. The van der Waals surface area contributed by atoms with E-state index in [-0.39, 0.29) is 10.1 Å². The zero-order chi connectivity index (χ0) is 35.9. The molecular weight excluding hydrogens is 641 g/mol. The van der Waals surface area contributed by atoms with Gasteiger partial charge in [0.15, 0.2) is 16.6 Å². The molecule has 4 rings (SSSR count). The van der Waals surface area contributed by atoms with Crippen molar-refractivity contribution >= 4 is 34.0 Å². The van der Waals surface area contributed by atoms with Gasteiger partial charge in [0.25, 0.3) is 0 Å². The molecule has 0 aliphatic heterocycles. The van der Waals surface area contributed by atoms with Crippen molar-refractivity contribution in [2.75, 3.05) is 5.75 Å². The van der Waals surface area contributed by atoms with Crippen molar-refractivity contribution in [2.45, 2.75) is 155 Å². The van der Waals surface area contributed by atoms with Gasteiger partial charge in [-0.25, -0.2) is 0 Å². The normalized spacial score (nSPS) is 23.2. The van der Waals surface area contributed by atoms with E-state index in [1.54, 1.807) is 5.57 Å². The molecule has 1 N–H and O–H groups in total. The maximum Gasteiger partial charge on any atom is 0.192 e. The van der Waals surface area contributed by atoms with E-state index in [4.69, 9.17) is 8.85 Å². The number of fused-ring (bicyclic) bond motifs is 1. The number of benzene rings is 2. The van der Waals surface area contributed by atoms with E-state index in [0.717, 1.165) is 17.7 Å². The van der Waals surface area contributed by atoms with Crippen molar-refractivity contribution in [1.29, 1.82) is 0 Å². The molecule has 2 aliphatic carbocycles. The molecule has 48 heavy (non-hydrogen) atoms. The summed E-state index contributed by atoms with van der Waals surface area (Å²) in [5, 5.41) is 10.9. The Balaban J connectivity index is 1.56. The van der Waals surface area contributed by atoms with E-state index in [1.165, 1.54) is 40.8 Å². The molecule has 0 bridgehead atoms. The molecule has 4 atom stereocenters. The molecule has 0 unspecified atom stereocenters. The van der Waals surface area contributed by atoms with Crippen molar-refractivity contribution in [1.82, 2.24) is 0 Å². The van der Waals surface area contributed by atoms with Gasteiger partial charge in [0.1, 0.15) is 0 Å². The van der Waals surface area contributed by atoms with Crippen LogP contribution in [0.2, 0.25) is 36.3 Å². The third-order valence-electron chi connectivity index (χ3n) is 12.9. The average Bonchev–Trinajstić information content (AvgIpc) is 3.33. The third kappa shape index (κ3) is 8.82. The van der Waals surface area contributed by atoms with Gasteiger partial charge in [-0.3, -0.25) is 0 Å². The van der Waals surface area contributed by atoms with Gasteiger partial charge in [-0.05, 0) is 145 Å². The van der Waals surface area contributed by atoms with Crippen molar-refractivity contribution in [3.8, 4) is 0 Å². The van der Waals surface area contributed by atoms with Crippen molar-refractivity contribution < 1.29 is 14.0 Å². The SMILES string of the molecule is C[C@@H](CSc1cccc(C(C)(C)O)c1)[C@H]1CC[C@H]2C(c3ccc(CO[Si](C)(C)C(C)(C)C)c(CO[Si](C)(C)C(C)(C)C)c3)=CCC[C@]12C. The van der Waals surface area contributed by atoms with Crippen molar-refractivity contribution in [3.05, 3.63) is 70.8 Å². The molecule has 268 valence electrons. The fourth-order valence-electron chi connectivity index (χ4n) is 7.41. The predicted octanol–water partition coefficient (Wildman–Crippen LogP) is 12.6. The first-order valence-corrected chi connectivity index (χ1v) is 25.3. The topological polar surface area (TPSA) is 38.7 Å². The van der Waals surface area contributed by atoms with Gasteiger partial charge < -0.3 is 14.0 Å². The zero-order valence-electron chi connectivity index (χ0n) is 33.0. The molecule has 0 heterocycles. The molecule has 2 aromatic carbocycles. The Morgan fingerprint density at radius 3 is 2.04 bits per heavy atom. The Bertz CT molecular complexity index is 1440. The molecule has 3 nitrogen and oxygen atoms in total. The summed E-state index contributed by atoms with van der Waals surface area (Å²) in [6.45, 7) is 33.5. The quantitative estimate of drug-likeness (QED) is 0.176. The lowest BCUT2D eigenvalue weighted by molar-refractivity contribution is 0.0784. The number of thioether (sulfide) groups is 1. The summed E-state index contributed by atoms with van der Waals surface area (Å²) in [6.07, 6.45) is 7.55. The number of hydrogen-bond donors (Lipinski definition) is 1. The van der Waals surface area contributed by atoms with Crippen LogP contribution in [0.3, 0.4) is 0 Å². The van der Waals surface area contributed by atoms with Gasteiger partial charge in [0, 0.05) is 10.6 Å². The van der Waals surface area contributed by atoms with Crippen LogP contribution in [-0.4, -0.2) is 27.5 Å². The van der Waals surface area contributed by atoms with Crippen molar-refractivity contribution in [2.24, 2.45) is 23.2 Å². The average molecular weight is 709 g/mol. The van der Waals surface area contributed by atoms with Crippen molar-refractivity contribution in [3.63, 3.8) is 0 Å². The summed E-state index contributed by atoms with van der Waals surface area (Å²) in [5.74, 6) is 3.03. The van der Waals surface area contributed by atoms with Gasteiger partial charge in [-0.1, -0.05) is 85.7 Å². The summed E-state index contributed by atoms with van der Waals surface area (Å²) < 4.78 is 13.6. The van der Waals surface area contributed by atoms with Crippen LogP contribution in [0.15, 0.2) is 53.4 Å². The van der Waals surface area contributed by atoms with E-state index in [9.17, 15) is 5.11 Å². The molecule has 0 aromatic heterocycles. The molecule has 6 heteroatoms. The first-order chi connectivity index (χ1) is 22.0. The maximum absolute atomic E-state index is 10.5. The van der Waals surface area contributed by atoms with Crippen LogP contribution in [-0.2, 0) is 27.7 Å². The fraction of sp³-hybridized carbons (Fsp3) is 0.667. The second kappa shape index (κ2) is 14.5. The van der Waals surface area contributed by atoms with E-state index in [2.05, 4.69) is 124 Å². The van der Waals surface area contributed by atoms with Crippen LogP contribution >= 0.6 is 11.8 Å². The third-order valence-corrected chi connectivity index (χ3v) is 23.1. The van der Waals surface area contributed by atoms with Crippen LogP contribution in [0.1, 0.15) is 117 Å². The Morgan fingerprint density at radius 1 is 0.854 bits per heavy atom. The first-order valence-electron chi connectivity index (χ1n) is 18.5. The molecule has 0 spiro atoms. The Morgan fingerprint density at radius 2 is 1.46 bits per heavy atom. The first kappa shape index (κ1) is 39.6. The summed E-state index contributed by atoms with van der Waals surface area (Å²) >= 11 is 1.96. The van der Waals surface area contributed by atoms with Gasteiger partial charge in [-0.2, -0.15) is 0 Å². The lowest BCUT2D eigenvalue weighted by atomic mass is 9.62. The molecule has 2 aromatic rings. The standard InChI is InChI=1S/C42H68O3SSi2/c1-30(29-46-35-18-15-17-34(26-35)41(8,9)43)37-22-23-38-36(19-16-24-42(37,38)10)31-20-21-32(27-44-47(11,12)39(2,3)4)33(25-31)28-45-48(13,14)40(5,6)7/h15,17-21,25-26,30,37-38,43H,16,22-24,27-29H2,1-14H3/t30-,37+,38-,42+/m0/s1. The minimum absolute atomic E-state index is 0.169. The largest absolute Gasteiger partial charge is 0.413 e. The lowest BCUT2D eigenvalue weighted by Gasteiger charge is -2.43. The van der Waals surface area contributed by atoms with Crippen LogP contribution in [0.4, 0.5) is 0 Å². The second-order valence-electron chi connectivity index (χ2n) is 18.9. The molecule has 1 fully saturated rings. The monoisotopic (exact) mass is 708 g/mol. The number of hydrogen-bond acceptors (Lipinski definition) is 4. The zero-order valence-corrected chi connectivity index (χ0v) is 35.8. The summed E-state index contributed by atoms with van der Waals surface area (Å²) in [7, 11) is -3.81. The van der Waals surface area contributed by atoms with E-state index < -0.39 is 22.2 Å². The van der Waals surface area contributed by atoms with E-state index in [1.807, 2.05) is 31.7 Å². The van der Waals surface area contributed by atoms with E-state index >= 15 is 0 Å². The van der Waals surface area contributed by atoms with Gasteiger partial charge in [0.05, 0.1) is 18.8 Å². The highest BCUT2D eigenvalue weighted by molar-refractivity contribution is 7.99. The molecule has 0 radical (unpaired) electrons. The van der Waals surface area contributed by atoms with E-state index in [0.29, 0.717) is 36.4 Å². The molecule has 2 aliphatic rings. The Kier molecular flexibility index (Phi) is 11.9. The summed E-state index contributed by atoms with van der Waals surface area (Å²) in [6, 6.07) is 15.7. The highest BCUT2D eigenvalue weighted by atomic mass is 32.2.